The van der Waals surface area contributed by atoms with Gasteiger partial charge < -0.3 is 9.47 Å². The second kappa shape index (κ2) is 10.7. The van der Waals surface area contributed by atoms with Crippen LogP contribution in [0.15, 0.2) is 48.5 Å². The number of halogens is 3. The van der Waals surface area contributed by atoms with Crippen LogP contribution in [0.1, 0.15) is 0 Å². The van der Waals surface area contributed by atoms with E-state index in [9.17, 15) is 0 Å². The highest BCUT2D eigenvalue weighted by Gasteiger charge is 2.05. The molecule has 0 aliphatic carbocycles. The van der Waals surface area contributed by atoms with Crippen molar-refractivity contribution in [2.24, 2.45) is 0 Å². The van der Waals surface area contributed by atoms with Crippen molar-refractivity contribution < 1.29 is 9.47 Å². The number of benzene rings is 2. The first-order chi connectivity index (χ1) is 11.7. The van der Waals surface area contributed by atoms with E-state index in [1.807, 2.05) is 48.5 Å². The first-order valence-electron chi connectivity index (χ1n) is 7.72. The highest BCUT2D eigenvalue weighted by Crippen LogP contribution is 2.16. The molecular weight excluding hydrogens is 369 g/mol. The molecule has 2 aromatic rings. The van der Waals surface area contributed by atoms with E-state index in [1.165, 1.54) is 0 Å². The fourth-order valence-electron chi connectivity index (χ4n) is 2.10. The number of nitrogens with zero attached hydrogens (tertiary/aromatic N) is 1. The molecule has 24 heavy (non-hydrogen) atoms. The van der Waals surface area contributed by atoms with Crippen LogP contribution in [-0.2, 0) is 0 Å². The van der Waals surface area contributed by atoms with Crippen LogP contribution in [0.4, 0.5) is 0 Å². The minimum Gasteiger partial charge on any atom is -0.492 e. The van der Waals surface area contributed by atoms with E-state index in [-0.39, 0.29) is 0 Å². The molecule has 0 saturated carbocycles. The van der Waals surface area contributed by atoms with Gasteiger partial charge in [0.25, 0.3) is 0 Å². The average Bonchev–Trinajstić information content (AvgIpc) is 2.58. The largest absolute Gasteiger partial charge is 0.492 e. The Labute approximate surface area is 158 Å². The Morgan fingerprint density at radius 1 is 0.667 bits per heavy atom. The van der Waals surface area contributed by atoms with Crippen LogP contribution in [-0.4, -0.2) is 43.6 Å². The molecule has 2 rings (SSSR count). The molecule has 0 radical (unpaired) electrons. The third-order valence-electron chi connectivity index (χ3n) is 3.38. The van der Waals surface area contributed by atoms with Crippen LogP contribution in [0.3, 0.4) is 0 Å². The molecule has 0 saturated heterocycles. The zero-order valence-corrected chi connectivity index (χ0v) is 15.5. The van der Waals surface area contributed by atoms with Crippen molar-refractivity contribution in [2.45, 2.75) is 0 Å². The van der Waals surface area contributed by atoms with Crippen molar-refractivity contribution in [3.8, 4) is 11.5 Å². The van der Waals surface area contributed by atoms with E-state index < -0.39 is 0 Å². The first kappa shape index (κ1) is 19.2. The first-order valence-corrected chi connectivity index (χ1v) is 9.01. The Morgan fingerprint density at radius 2 is 1.08 bits per heavy atom. The molecule has 0 bridgehead atoms. The number of rotatable bonds is 10. The fraction of sp³-hybridized carbons (Fsp3) is 0.333. The summed E-state index contributed by atoms with van der Waals surface area (Å²) in [5.41, 5.74) is 0. The maximum absolute atomic E-state index is 5.87. The van der Waals surface area contributed by atoms with E-state index >= 15 is 0 Å². The molecule has 0 aliphatic rings. The Morgan fingerprint density at radius 3 is 1.46 bits per heavy atom. The fourth-order valence-corrected chi connectivity index (χ4v) is 2.59. The van der Waals surface area contributed by atoms with Crippen LogP contribution < -0.4 is 9.47 Å². The van der Waals surface area contributed by atoms with Crippen LogP contribution in [0.5, 0.6) is 11.5 Å². The molecule has 130 valence electrons. The van der Waals surface area contributed by atoms with Gasteiger partial charge in [-0.15, -0.1) is 11.6 Å². The Kier molecular flexibility index (Phi) is 8.54. The zero-order chi connectivity index (χ0) is 17.2. The molecule has 0 aromatic heterocycles. The molecule has 3 nitrogen and oxygen atoms in total. The standard InChI is InChI=1S/C18H20Cl3NO2/c19-9-10-22(11-13-23-17-5-1-15(20)2-6-17)12-14-24-18-7-3-16(21)4-8-18/h1-8H,9-14H2. The predicted octanol–water partition coefficient (Wildman–Crippen LogP) is 4.99. The van der Waals surface area contributed by atoms with Gasteiger partial charge in [-0.3, -0.25) is 4.90 Å². The lowest BCUT2D eigenvalue weighted by Gasteiger charge is -2.21. The molecule has 2 aromatic carbocycles. The molecule has 0 amide bonds. The van der Waals surface area contributed by atoms with E-state index in [4.69, 9.17) is 44.3 Å². The minimum atomic E-state index is 0.571. The van der Waals surface area contributed by atoms with Gasteiger partial charge in [0.05, 0.1) is 0 Å². The van der Waals surface area contributed by atoms with E-state index in [2.05, 4.69) is 4.90 Å². The third kappa shape index (κ3) is 7.18. The Balaban J connectivity index is 1.70. The molecule has 0 spiro atoms. The Bertz CT molecular complexity index is 539. The highest BCUT2D eigenvalue weighted by molar-refractivity contribution is 6.30. The van der Waals surface area contributed by atoms with Gasteiger partial charge in [0, 0.05) is 35.6 Å². The Hall–Kier alpha value is -1.13. The second-order valence-corrected chi connectivity index (χ2v) is 6.39. The van der Waals surface area contributed by atoms with Gasteiger partial charge in [-0.1, -0.05) is 23.2 Å². The number of hydrogen-bond donors (Lipinski definition) is 0. The number of alkyl halides is 1. The minimum absolute atomic E-state index is 0.571. The summed E-state index contributed by atoms with van der Waals surface area (Å²) in [6.45, 7) is 3.51. The summed E-state index contributed by atoms with van der Waals surface area (Å²) in [6, 6.07) is 14.7. The summed E-state index contributed by atoms with van der Waals surface area (Å²) in [7, 11) is 0. The monoisotopic (exact) mass is 387 g/mol. The maximum Gasteiger partial charge on any atom is 0.119 e. The van der Waals surface area contributed by atoms with Gasteiger partial charge in [-0.25, -0.2) is 0 Å². The lowest BCUT2D eigenvalue weighted by atomic mass is 10.3. The quantitative estimate of drug-likeness (QED) is 0.535. The molecule has 0 atom stereocenters. The van der Waals surface area contributed by atoms with Crippen molar-refractivity contribution >= 4 is 34.8 Å². The van der Waals surface area contributed by atoms with Crippen molar-refractivity contribution in [3.05, 3.63) is 58.6 Å². The van der Waals surface area contributed by atoms with E-state index in [0.717, 1.165) is 31.1 Å². The SMILES string of the molecule is ClCCN(CCOc1ccc(Cl)cc1)CCOc1ccc(Cl)cc1. The molecule has 6 heteroatoms. The van der Waals surface area contributed by atoms with Crippen LogP contribution in [0.2, 0.25) is 10.0 Å². The molecule has 0 fully saturated rings. The topological polar surface area (TPSA) is 21.7 Å². The predicted molar refractivity (Wildman–Crippen MR) is 101 cm³/mol. The third-order valence-corrected chi connectivity index (χ3v) is 4.05. The summed E-state index contributed by atoms with van der Waals surface area (Å²) in [5.74, 6) is 2.19. The molecule has 0 unspecified atom stereocenters. The van der Waals surface area contributed by atoms with Crippen LogP contribution >= 0.6 is 34.8 Å². The summed E-state index contributed by atoms with van der Waals surface area (Å²) in [5, 5.41) is 1.40. The van der Waals surface area contributed by atoms with Crippen molar-refractivity contribution in [1.29, 1.82) is 0 Å². The van der Waals surface area contributed by atoms with Gasteiger partial charge in [0.1, 0.15) is 24.7 Å². The van der Waals surface area contributed by atoms with E-state index in [0.29, 0.717) is 29.1 Å². The van der Waals surface area contributed by atoms with Gasteiger partial charge in [0.15, 0.2) is 0 Å². The normalized spacial score (nSPS) is 10.8. The lowest BCUT2D eigenvalue weighted by molar-refractivity contribution is 0.183. The highest BCUT2D eigenvalue weighted by atomic mass is 35.5. The van der Waals surface area contributed by atoms with Crippen LogP contribution in [0, 0.1) is 0 Å². The number of ether oxygens (including phenoxy) is 2. The summed E-state index contributed by atoms with van der Waals surface area (Å²) in [6.07, 6.45) is 0. The van der Waals surface area contributed by atoms with Gasteiger partial charge in [0.2, 0.25) is 0 Å². The summed E-state index contributed by atoms with van der Waals surface area (Å²) in [4.78, 5) is 2.21. The van der Waals surface area contributed by atoms with Gasteiger partial charge in [-0.05, 0) is 48.5 Å². The average molecular weight is 389 g/mol. The van der Waals surface area contributed by atoms with Gasteiger partial charge >= 0.3 is 0 Å². The van der Waals surface area contributed by atoms with E-state index in [1.54, 1.807) is 0 Å². The maximum atomic E-state index is 5.87. The molecule has 0 aliphatic heterocycles. The molecular formula is C18H20Cl3NO2. The summed E-state index contributed by atoms with van der Waals surface area (Å²) >= 11 is 17.6. The van der Waals surface area contributed by atoms with Gasteiger partial charge in [-0.2, -0.15) is 0 Å². The zero-order valence-electron chi connectivity index (χ0n) is 13.3. The smallest absolute Gasteiger partial charge is 0.119 e. The van der Waals surface area contributed by atoms with Crippen molar-refractivity contribution in [2.75, 3.05) is 38.7 Å². The van der Waals surface area contributed by atoms with Crippen molar-refractivity contribution in [3.63, 3.8) is 0 Å². The summed E-state index contributed by atoms with van der Waals surface area (Å²) < 4.78 is 11.4. The van der Waals surface area contributed by atoms with Crippen LogP contribution in [0.25, 0.3) is 0 Å². The number of hydrogen-bond acceptors (Lipinski definition) is 3. The molecule has 0 heterocycles. The van der Waals surface area contributed by atoms with Crippen molar-refractivity contribution in [1.82, 2.24) is 4.90 Å². The second-order valence-electron chi connectivity index (χ2n) is 5.14. The molecule has 0 N–H and O–H groups in total. The lowest BCUT2D eigenvalue weighted by Crippen LogP contribution is -2.34.